The molecule has 0 unspecified atom stereocenters. The van der Waals surface area contributed by atoms with E-state index in [4.69, 9.17) is 4.98 Å². The quantitative estimate of drug-likeness (QED) is 0.168. The van der Waals surface area contributed by atoms with Gasteiger partial charge in [-0.3, -0.25) is 4.57 Å². The van der Waals surface area contributed by atoms with Crippen molar-refractivity contribution in [3.63, 3.8) is 0 Å². The fraction of sp³-hybridized carbons (Fsp3) is 0.0741. The molecular formula is C27H21BrN4S. The number of hydrogen-bond donors (Lipinski definition) is 0. The maximum absolute atomic E-state index is 4.91. The fourth-order valence-corrected chi connectivity index (χ4v) is 4.90. The number of aromatic nitrogens is 4. The highest BCUT2D eigenvalue weighted by molar-refractivity contribution is 9.10. The summed E-state index contributed by atoms with van der Waals surface area (Å²) in [4.78, 5) is 4.91. The third-order valence-electron chi connectivity index (χ3n) is 5.34. The van der Waals surface area contributed by atoms with Gasteiger partial charge in [-0.2, -0.15) is 0 Å². The minimum atomic E-state index is 0.627. The summed E-state index contributed by atoms with van der Waals surface area (Å²) >= 11 is 5.17. The van der Waals surface area contributed by atoms with Crippen LogP contribution in [0, 0.1) is 0 Å². The molecule has 0 saturated heterocycles. The second-order valence-corrected chi connectivity index (χ2v) is 9.42. The van der Waals surface area contributed by atoms with Gasteiger partial charge in [-0.1, -0.05) is 94.4 Å². The van der Waals surface area contributed by atoms with Gasteiger partial charge in [0, 0.05) is 33.3 Å². The molecule has 0 spiro atoms. The number of para-hydroxylation sites is 1. The topological polar surface area (TPSA) is 43.6 Å². The van der Waals surface area contributed by atoms with Crippen molar-refractivity contribution < 1.29 is 0 Å². The van der Waals surface area contributed by atoms with E-state index in [1.807, 2.05) is 42.5 Å². The van der Waals surface area contributed by atoms with Crippen molar-refractivity contribution in [1.29, 1.82) is 0 Å². The van der Waals surface area contributed by atoms with E-state index in [1.54, 1.807) is 11.8 Å². The zero-order valence-electron chi connectivity index (χ0n) is 17.9. The average molecular weight is 513 g/mol. The molecule has 0 amide bonds. The van der Waals surface area contributed by atoms with Crippen molar-refractivity contribution in [2.24, 2.45) is 0 Å². The Morgan fingerprint density at radius 2 is 1.67 bits per heavy atom. The van der Waals surface area contributed by atoms with Crippen molar-refractivity contribution in [2.75, 3.05) is 0 Å². The number of benzene rings is 3. The summed E-state index contributed by atoms with van der Waals surface area (Å²) in [5.41, 5.74) is 5.18. The monoisotopic (exact) mass is 512 g/mol. The third-order valence-corrected chi connectivity index (χ3v) is 6.90. The molecule has 0 bridgehead atoms. The lowest BCUT2D eigenvalue weighted by atomic mass is 10.0. The second-order valence-electron chi connectivity index (χ2n) is 7.56. The zero-order chi connectivity index (χ0) is 22.6. The molecule has 0 aliphatic heterocycles. The standard InChI is InChI=1S/C27H21BrN4S/c1-2-16-32-26(30-31-27(32)33-18-19-12-14-21(28)15-13-19)23-17-25(20-8-4-3-5-9-20)29-24-11-7-6-10-22(23)24/h2-15,17H,1,16,18H2. The zero-order valence-corrected chi connectivity index (χ0v) is 20.3. The fourth-order valence-electron chi connectivity index (χ4n) is 3.73. The summed E-state index contributed by atoms with van der Waals surface area (Å²) in [5.74, 6) is 1.64. The van der Waals surface area contributed by atoms with Gasteiger partial charge in [0.2, 0.25) is 0 Å². The molecule has 0 saturated carbocycles. The molecule has 0 N–H and O–H groups in total. The summed E-state index contributed by atoms with van der Waals surface area (Å²) < 4.78 is 3.21. The van der Waals surface area contributed by atoms with Crippen molar-refractivity contribution in [3.05, 3.63) is 108 Å². The summed E-state index contributed by atoms with van der Waals surface area (Å²) in [6.45, 7) is 4.59. The lowest BCUT2D eigenvalue weighted by Crippen LogP contribution is -2.02. The molecule has 0 fully saturated rings. The van der Waals surface area contributed by atoms with E-state index in [0.29, 0.717) is 6.54 Å². The number of halogens is 1. The van der Waals surface area contributed by atoms with Crippen molar-refractivity contribution in [3.8, 4) is 22.6 Å². The molecule has 4 nitrogen and oxygen atoms in total. The number of pyridine rings is 1. The Balaban J connectivity index is 1.59. The lowest BCUT2D eigenvalue weighted by molar-refractivity contribution is 0.731. The Hall–Kier alpha value is -3.22. The van der Waals surface area contributed by atoms with Crippen LogP contribution in [0.5, 0.6) is 0 Å². The van der Waals surface area contributed by atoms with Crippen LogP contribution in [0.2, 0.25) is 0 Å². The van der Waals surface area contributed by atoms with Gasteiger partial charge in [-0.15, -0.1) is 16.8 Å². The molecule has 0 aliphatic rings. The first-order valence-corrected chi connectivity index (χ1v) is 12.4. The molecule has 6 heteroatoms. The first kappa shape index (κ1) is 21.6. The lowest BCUT2D eigenvalue weighted by Gasteiger charge is -2.12. The molecule has 5 aromatic rings. The Kier molecular flexibility index (Phi) is 6.37. The largest absolute Gasteiger partial charge is 0.298 e. The van der Waals surface area contributed by atoms with Gasteiger partial charge in [0.1, 0.15) is 0 Å². The van der Waals surface area contributed by atoms with Crippen LogP contribution >= 0.6 is 27.7 Å². The van der Waals surface area contributed by atoms with Crippen molar-refractivity contribution >= 4 is 38.6 Å². The van der Waals surface area contributed by atoms with Crippen LogP contribution in [0.4, 0.5) is 0 Å². The van der Waals surface area contributed by atoms with E-state index in [-0.39, 0.29) is 0 Å². The maximum Gasteiger partial charge on any atom is 0.192 e. The van der Waals surface area contributed by atoms with E-state index in [1.165, 1.54) is 5.56 Å². The summed E-state index contributed by atoms with van der Waals surface area (Å²) in [6, 6.07) is 28.9. The predicted octanol–water partition coefficient (Wildman–Crippen LogP) is 7.40. The molecular weight excluding hydrogens is 492 g/mol. The first-order chi connectivity index (χ1) is 16.2. The van der Waals surface area contributed by atoms with E-state index in [9.17, 15) is 0 Å². The van der Waals surface area contributed by atoms with Gasteiger partial charge in [-0.25, -0.2) is 4.98 Å². The minimum absolute atomic E-state index is 0.627. The molecule has 162 valence electrons. The molecule has 3 aromatic carbocycles. The van der Waals surface area contributed by atoms with Crippen LogP contribution in [0.3, 0.4) is 0 Å². The Bertz CT molecular complexity index is 1410. The Labute approximate surface area is 205 Å². The number of allylic oxidation sites excluding steroid dienone is 1. The smallest absolute Gasteiger partial charge is 0.192 e. The third kappa shape index (κ3) is 4.63. The van der Waals surface area contributed by atoms with Crippen LogP contribution in [-0.2, 0) is 12.3 Å². The Morgan fingerprint density at radius 1 is 0.909 bits per heavy atom. The highest BCUT2D eigenvalue weighted by Crippen LogP contribution is 2.33. The molecule has 5 rings (SSSR count). The van der Waals surface area contributed by atoms with Gasteiger partial charge in [-0.05, 0) is 29.8 Å². The van der Waals surface area contributed by atoms with E-state index >= 15 is 0 Å². The summed E-state index contributed by atoms with van der Waals surface area (Å²) in [6.07, 6.45) is 1.89. The molecule has 0 radical (unpaired) electrons. The van der Waals surface area contributed by atoms with Gasteiger partial charge in [0.15, 0.2) is 11.0 Å². The highest BCUT2D eigenvalue weighted by Gasteiger charge is 2.18. The first-order valence-electron chi connectivity index (χ1n) is 10.6. The average Bonchev–Trinajstić information content (AvgIpc) is 3.26. The van der Waals surface area contributed by atoms with Gasteiger partial charge in [0.25, 0.3) is 0 Å². The summed E-state index contributed by atoms with van der Waals surface area (Å²) in [7, 11) is 0. The second kappa shape index (κ2) is 9.73. The van der Waals surface area contributed by atoms with Gasteiger partial charge < -0.3 is 0 Å². The number of rotatable bonds is 7. The molecule has 33 heavy (non-hydrogen) atoms. The maximum atomic E-state index is 4.91. The molecule has 0 aliphatic carbocycles. The van der Waals surface area contributed by atoms with Crippen LogP contribution in [0.15, 0.2) is 107 Å². The van der Waals surface area contributed by atoms with Crippen molar-refractivity contribution in [2.45, 2.75) is 17.5 Å². The molecule has 2 aromatic heterocycles. The van der Waals surface area contributed by atoms with Crippen LogP contribution in [-0.4, -0.2) is 19.7 Å². The number of hydrogen-bond acceptors (Lipinski definition) is 4. The Morgan fingerprint density at radius 3 is 2.45 bits per heavy atom. The highest BCUT2D eigenvalue weighted by atomic mass is 79.9. The minimum Gasteiger partial charge on any atom is -0.298 e. The SMILES string of the molecule is C=CCn1c(SCc2ccc(Br)cc2)nnc1-c1cc(-c2ccccc2)nc2ccccc12. The van der Waals surface area contributed by atoms with E-state index < -0.39 is 0 Å². The van der Waals surface area contributed by atoms with Gasteiger partial charge >= 0.3 is 0 Å². The summed E-state index contributed by atoms with van der Waals surface area (Å²) in [5, 5.41) is 11.1. The van der Waals surface area contributed by atoms with Gasteiger partial charge in [0.05, 0.1) is 11.2 Å². The molecule has 0 atom stereocenters. The van der Waals surface area contributed by atoms with Crippen LogP contribution < -0.4 is 0 Å². The molecule has 2 heterocycles. The number of fused-ring (bicyclic) bond motifs is 1. The van der Waals surface area contributed by atoms with Crippen molar-refractivity contribution in [1.82, 2.24) is 19.7 Å². The predicted molar refractivity (Wildman–Crippen MR) is 140 cm³/mol. The number of thioether (sulfide) groups is 1. The number of nitrogens with zero attached hydrogens (tertiary/aromatic N) is 4. The van der Waals surface area contributed by atoms with E-state index in [0.717, 1.165) is 48.9 Å². The van der Waals surface area contributed by atoms with Crippen LogP contribution in [0.1, 0.15) is 5.56 Å². The van der Waals surface area contributed by atoms with Crippen LogP contribution in [0.25, 0.3) is 33.5 Å². The van der Waals surface area contributed by atoms with E-state index in [2.05, 4.69) is 85.8 Å². The normalized spacial score (nSPS) is 11.1.